The molecule has 1 saturated carbocycles. The molecule has 4 rings (SSSR count). The standard InChI is InChI=1S/C26H31N3O5S/c1-25(2)22(26(25,3)4)24(32)28(15-14-17-8-6-5-7-9-17)20-16-21(30)29(23(20)31)18-10-12-19(13-11-18)35(27,33)34/h5-13,20,22H,14-16H2,1-4H3,(H2,27,33,34). The van der Waals surface area contributed by atoms with Crippen LogP contribution in [0.1, 0.15) is 39.7 Å². The zero-order valence-electron chi connectivity index (χ0n) is 20.4. The van der Waals surface area contributed by atoms with E-state index in [9.17, 15) is 22.8 Å². The fraction of sp³-hybridized carbons (Fsp3) is 0.423. The van der Waals surface area contributed by atoms with Crippen LogP contribution in [0.4, 0.5) is 5.69 Å². The van der Waals surface area contributed by atoms with Gasteiger partial charge in [0.05, 0.1) is 17.0 Å². The highest BCUT2D eigenvalue weighted by Gasteiger charge is 2.69. The van der Waals surface area contributed by atoms with Crippen molar-refractivity contribution in [3.05, 3.63) is 60.2 Å². The second-order valence-electron chi connectivity index (χ2n) is 10.5. The van der Waals surface area contributed by atoms with Gasteiger partial charge in [0, 0.05) is 12.5 Å². The van der Waals surface area contributed by atoms with Crippen LogP contribution in [0, 0.1) is 16.7 Å². The van der Waals surface area contributed by atoms with Crippen LogP contribution in [0.2, 0.25) is 0 Å². The molecule has 1 atom stereocenters. The lowest BCUT2D eigenvalue weighted by atomic mass is 10.0. The summed E-state index contributed by atoms with van der Waals surface area (Å²) in [5, 5.41) is 5.15. The molecule has 9 heteroatoms. The van der Waals surface area contributed by atoms with Crippen LogP contribution in [-0.4, -0.2) is 43.6 Å². The first-order valence-electron chi connectivity index (χ1n) is 11.6. The molecule has 2 fully saturated rings. The maximum absolute atomic E-state index is 13.8. The smallest absolute Gasteiger partial charge is 0.257 e. The predicted octanol–water partition coefficient (Wildman–Crippen LogP) is 2.72. The predicted molar refractivity (Wildman–Crippen MR) is 132 cm³/mol. The Hall–Kier alpha value is -3.04. The normalized spacial score (nSPS) is 21.3. The molecular formula is C26H31N3O5S. The van der Waals surface area contributed by atoms with Gasteiger partial charge in [0.15, 0.2) is 0 Å². The van der Waals surface area contributed by atoms with Crippen LogP contribution >= 0.6 is 0 Å². The third kappa shape index (κ3) is 4.38. The minimum Gasteiger partial charge on any atom is -0.329 e. The zero-order valence-corrected chi connectivity index (χ0v) is 21.2. The second kappa shape index (κ2) is 8.57. The van der Waals surface area contributed by atoms with Crippen LogP contribution < -0.4 is 10.0 Å². The van der Waals surface area contributed by atoms with Gasteiger partial charge < -0.3 is 4.90 Å². The summed E-state index contributed by atoms with van der Waals surface area (Å²) in [5.74, 6) is -1.29. The van der Waals surface area contributed by atoms with E-state index in [0.29, 0.717) is 13.0 Å². The van der Waals surface area contributed by atoms with Crippen LogP contribution in [0.15, 0.2) is 59.5 Å². The minimum atomic E-state index is -3.91. The zero-order chi connectivity index (χ0) is 25.8. The number of hydrogen-bond donors (Lipinski definition) is 1. The van der Waals surface area contributed by atoms with Crippen molar-refractivity contribution >= 4 is 33.4 Å². The molecule has 1 aliphatic carbocycles. The van der Waals surface area contributed by atoms with Gasteiger partial charge >= 0.3 is 0 Å². The van der Waals surface area contributed by atoms with E-state index in [4.69, 9.17) is 5.14 Å². The van der Waals surface area contributed by atoms with Gasteiger partial charge in [0.25, 0.3) is 5.91 Å². The summed E-state index contributed by atoms with van der Waals surface area (Å²) in [7, 11) is -3.91. The number of anilines is 1. The third-order valence-electron chi connectivity index (χ3n) is 7.96. The van der Waals surface area contributed by atoms with Crippen molar-refractivity contribution in [2.24, 2.45) is 21.9 Å². The number of carbonyl (C=O) groups is 3. The number of hydrogen-bond acceptors (Lipinski definition) is 5. The molecule has 8 nitrogen and oxygen atoms in total. The lowest BCUT2D eigenvalue weighted by molar-refractivity contribution is -0.140. The Morgan fingerprint density at radius 3 is 2.09 bits per heavy atom. The first-order chi connectivity index (χ1) is 16.3. The Morgan fingerprint density at radius 1 is 1.00 bits per heavy atom. The minimum absolute atomic E-state index is 0.116. The maximum atomic E-state index is 13.8. The molecule has 1 aliphatic heterocycles. The molecule has 2 aliphatic rings. The van der Waals surface area contributed by atoms with Crippen molar-refractivity contribution < 1.29 is 22.8 Å². The summed E-state index contributed by atoms with van der Waals surface area (Å²) in [6.07, 6.45) is 0.436. The Kier molecular flexibility index (Phi) is 6.13. The monoisotopic (exact) mass is 497 g/mol. The van der Waals surface area contributed by atoms with Crippen LogP contribution in [0.25, 0.3) is 0 Å². The molecule has 2 aromatic carbocycles. The van der Waals surface area contributed by atoms with Crippen molar-refractivity contribution in [1.82, 2.24) is 4.90 Å². The summed E-state index contributed by atoms with van der Waals surface area (Å²) in [5.41, 5.74) is 0.845. The fourth-order valence-corrected chi connectivity index (χ4v) is 5.72. The maximum Gasteiger partial charge on any atom is 0.257 e. The number of carbonyl (C=O) groups excluding carboxylic acids is 3. The molecule has 35 heavy (non-hydrogen) atoms. The van der Waals surface area contributed by atoms with Crippen molar-refractivity contribution in [2.75, 3.05) is 11.4 Å². The van der Waals surface area contributed by atoms with E-state index in [2.05, 4.69) is 0 Å². The number of nitrogens with two attached hydrogens (primary N) is 1. The second-order valence-corrected chi connectivity index (χ2v) is 12.0. The number of rotatable bonds is 7. The van der Waals surface area contributed by atoms with E-state index in [1.54, 1.807) is 4.90 Å². The molecule has 1 saturated heterocycles. The fourth-order valence-electron chi connectivity index (χ4n) is 5.21. The molecule has 2 aromatic rings. The topological polar surface area (TPSA) is 118 Å². The van der Waals surface area contributed by atoms with Gasteiger partial charge in [-0.05, 0) is 47.1 Å². The van der Waals surface area contributed by atoms with Crippen LogP contribution in [-0.2, 0) is 30.8 Å². The Bertz CT molecular complexity index is 1260. The molecule has 0 spiro atoms. The first-order valence-corrected chi connectivity index (χ1v) is 13.2. The molecule has 1 heterocycles. The summed E-state index contributed by atoms with van der Waals surface area (Å²) in [6, 6.07) is 14.0. The number of imide groups is 1. The summed E-state index contributed by atoms with van der Waals surface area (Å²) in [6.45, 7) is 8.50. The summed E-state index contributed by atoms with van der Waals surface area (Å²) in [4.78, 5) is 42.7. The van der Waals surface area contributed by atoms with Crippen molar-refractivity contribution in [3.63, 3.8) is 0 Å². The van der Waals surface area contributed by atoms with E-state index in [1.807, 2.05) is 58.0 Å². The highest BCUT2D eigenvalue weighted by Crippen LogP contribution is 2.69. The van der Waals surface area contributed by atoms with Crippen molar-refractivity contribution in [1.29, 1.82) is 0 Å². The molecule has 0 radical (unpaired) electrons. The third-order valence-corrected chi connectivity index (χ3v) is 8.89. The molecular weight excluding hydrogens is 466 g/mol. The van der Waals surface area contributed by atoms with Crippen LogP contribution in [0.5, 0.6) is 0 Å². The van der Waals surface area contributed by atoms with Crippen LogP contribution in [0.3, 0.4) is 0 Å². The SMILES string of the molecule is CC1(C)C(C(=O)N(CCc2ccccc2)C2CC(=O)N(c3ccc(S(N)(=O)=O)cc3)C2=O)C1(C)C. The molecule has 3 amide bonds. The molecule has 2 N–H and O–H groups in total. The number of benzene rings is 2. The van der Waals surface area contributed by atoms with Gasteiger partial charge in [0.2, 0.25) is 21.8 Å². The lowest BCUT2D eigenvalue weighted by Crippen LogP contribution is -2.47. The summed E-state index contributed by atoms with van der Waals surface area (Å²) >= 11 is 0. The Morgan fingerprint density at radius 2 is 1.57 bits per heavy atom. The van der Waals surface area contributed by atoms with Gasteiger partial charge in [-0.25, -0.2) is 18.5 Å². The quantitative estimate of drug-likeness (QED) is 0.590. The lowest BCUT2D eigenvalue weighted by Gasteiger charge is -2.29. The largest absolute Gasteiger partial charge is 0.329 e. The molecule has 1 unspecified atom stereocenters. The van der Waals surface area contributed by atoms with E-state index in [0.717, 1.165) is 10.5 Å². The number of amides is 3. The molecule has 0 bridgehead atoms. The van der Waals surface area contributed by atoms with Gasteiger partial charge in [-0.3, -0.25) is 14.4 Å². The first kappa shape index (κ1) is 25.1. The van der Waals surface area contributed by atoms with E-state index in [1.165, 1.54) is 24.3 Å². The summed E-state index contributed by atoms with van der Waals surface area (Å²) < 4.78 is 23.1. The van der Waals surface area contributed by atoms with E-state index >= 15 is 0 Å². The van der Waals surface area contributed by atoms with Gasteiger partial charge in [-0.1, -0.05) is 58.0 Å². The average molecular weight is 498 g/mol. The van der Waals surface area contributed by atoms with Gasteiger partial charge in [0.1, 0.15) is 6.04 Å². The van der Waals surface area contributed by atoms with Crippen molar-refractivity contribution in [3.8, 4) is 0 Å². The Labute approximate surface area is 206 Å². The molecule has 0 aromatic heterocycles. The van der Waals surface area contributed by atoms with E-state index in [-0.39, 0.29) is 39.7 Å². The average Bonchev–Trinajstić information content (AvgIpc) is 3.02. The van der Waals surface area contributed by atoms with Gasteiger partial charge in [-0.2, -0.15) is 0 Å². The number of sulfonamides is 1. The van der Waals surface area contributed by atoms with Gasteiger partial charge in [-0.15, -0.1) is 0 Å². The number of primary sulfonamides is 1. The highest BCUT2D eigenvalue weighted by molar-refractivity contribution is 7.89. The molecule has 186 valence electrons. The van der Waals surface area contributed by atoms with E-state index < -0.39 is 27.9 Å². The van der Waals surface area contributed by atoms with Crippen molar-refractivity contribution in [2.45, 2.75) is 51.5 Å². The Balaban J connectivity index is 1.62. The highest BCUT2D eigenvalue weighted by atomic mass is 32.2. The number of nitrogens with zero attached hydrogens (tertiary/aromatic N) is 2.